The highest BCUT2D eigenvalue weighted by molar-refractivity contribution is 8.00. The molecular weight excluding hydrogens is 376 g/mol. The van der Waals surface area contributed by atoms with Crippen LogP contribution in [0, 0.1) is 0 Å². The fraction of sp³-hybridized carbons (Fsp3) is 0.350. The van der Waals surface area contributed by atoms with Crippen molar-refractivity contribution < 1.29 is 4.79 Å². The zero-order chi connectivity index (χ0) is 18.8. The number of carbonyl (C=O) groups is 1. The quantitative estimate of drug-likeness (QED) is 0.568. The van der Waals surface area contributed by atoms with Crippen LogP contribution < -0.4 is 5.32 Å². The van der Waals surface area contributed by atoms with E-state index in [4.69, 9.17) is 0 Å². The van der Waals surface area contributed by atoms with E-state index in [1.54, 1.807) is 11.3 Å². The Kier molecular flexibility index (Phi) is 5.31. The molecular formula is C20H22N4OS2. The van der Waals surface area contributed by atoms with Crippen molar-refractivity contribution in [2.45, 2.75) is 49.6 Å². The maximum Gasteiger partial charge on any atom is 0.237 e. The van der Waals surface area contributed by atoms with Crippen LogP contribution in [0.2, 0.25) is 0 Å². The molecule has 1 fully saturated rings. The number of aryl methyl sites for hydroxylation is 1. The molecule has 0 saturated heterocycles. The Hall–Kier alpha value is -2.12. The fourth-order valence-corrected chi connectivity index (χ4v) is 4.50. The Balaban J connectivity index is 1.47. The van der Waals surface area contributed by atoms with Gasteiger partial charge in [-0.3, -0.25) is 9.36 Å². The number of nitrogens with zero attached hydrogens (tertiary/aromatic N) is 3. The number of thioether (sulfide) groups is 1. The first-order chi connectivity index (χ1) is 13.2. The summed E-state index contributed by atoms with van der Waals surface area (Å²) in [4.78, 5) is 13.7. The second kappa shape index (κ2) is 7.86. The van der Waals surface area contributed by atoms with Gasteiger partial charge in [0.1, 0.15) is 0 Å². The van der Waals surface area contributed by atoms with Crippen LogP contribution in [0.4, 0.5) is 5.69 Å². The van der Waals surface area contributed by atoms with Crippen molar-refractivity contribution in [1.82, 2.24) is 14.8 Å². The van der Waals surface area contributed by atoms with Crippen LogP contribution in [-0.4, -0.2) is 25.9 Å². The second-order valence-electron chi connectivity index (χ2n) is 6.68. The molecule has 27 heavy (non-hydrogen) atoms. The minimum absolute atomic E-state index is 0.0210. The first kappa shape index (κ1) is 18.3. The molecule has 3 aromatic rings. The number of hydrogen-bond acceptors (Lipinski definition) is 5. The minimum atomic E-state index is -0.256. The third kappa shape index (κ3) is 4.09. The fourth-order valence-electron chi connectivity index (χ4n) is 2.87. The molecule has 1 saturated carbocycles. The van der Waals surface area contributed by atoms with E-state index in [1.807, 2.05) is 42.6 Å². The predicted octanol–water partition coefficient (Wildman–Crippen LogP) is 5.02. The van der Waals surface area contributed by atoms with Gasteiger partial charge in [-0.2, -0.15) is 0 Å². The number of hydrogen-bond donors (Lipinski definition) is 1. The highest BCUT2D eigenvalue weighted by Crippen LogP contribution is 2.42. The van der Waals surface area contributed by atoms with Crippen LogP contribution in [0.1, 0.15) is 38.3 Å². The molecule has 5 nitrogen and oxygen atoms in total. The van der Waals surface area contributed by atoms with Gasteiger partial charge in [0, 0.05) is 11.7 Å². The van der Waals surface area contributed by atoms with Crippen LogP contribution in [0.3, 0.4) is 0 Å². The molecule has 140 valence electrons. The highest BCUT2D eigenvalue weighted by Gasteiger charge is 2.31. The molecule has 2 aromatic heterocycles. The Bertz CT molecular complexity index is 914. The van der Waals surface area contributed by atoms with E-state index in [1.165, 1.54) is 17.3 Å². The lowest BCUT2D eigenvalue weighted by atomic mass is 10.1. The van der Waals surface area contributed by atoms with Crippen molar-refractivity contribution in [3.05, 3.63) is 47.3 Å². The molecule has 7 heteroatoms. The van der Waals surface area contributed by atoms with E-state index in [9.17, 15) is 4.79 Å². The normalized spacial score (nSPS) is 14.9. The van der Waals surface area contributed by atoms with Gasteiger partial charge >= 0.3 is 0 Å². The number of anilines is 1. The molecule has 0 bridgehead atoms. The standard InChI is InChI=1S/C20H22N4OS2/c1-3-14-6-8-15(9-7-14)21-19(25)13(2)27-20-23-22-18(17-5-4-12-26-17)24(20)16-10-11-16/h4-9,12-13,16H,3,10-11H2,1-2H3,(H,21,25)/t13-/m1/s1. The number of aromatic nitrogens is 3. The van der Waals surface area contributed by atoms with E-state index in [0.717, 1.165) is 40.8 Å². The smallest absolute Gasteiger partial charge is 0.237 e. The topological polar surface area (TPSA) is 59.8 Å². The monoisotopic (exact) mass is 398 g/mol. The molecule has 1 amide bonds. The predicted molar refractivity (Wildman–Crippen MR) is 111 cm³/mol. The Labute approximate surface area is 167 Å². The minimum Gasteiger partial charge on any atom is -0.325 e. The Morgan fingerprint density at radius 3 is 2.70 bits per heavy atom. The third-order valence-corrected chi connectivity index (χ3v) is 6.52. The van der Waals surface area contributed by atoms with Crippen LogP contribution in [0.25, 0.3) is 10.7 Å². The summed E-state index contributed by atoms with van der Waals surface area (Å²) in [5.74, 6) is 0.894. The third-order valence-electron chi connectivity index (χ3n) is 4.60. The lowest BCUT2D eigenvalue weighted by Crippen LogP contribution is -2.23. The summed E-state index contributed by atoms with van der Waals surface area (Å²) in [6, 6.07) is 12.5. The van der Waals surface area contributed by atoms with Crippen LogP contribution in [0.5, 0.6) is 0 Å². The Morgan fingerprint density at radius 2 is 2.07 bits per heavy atom. The molecule has 1 aliphatic rings. The van der Waals surface area contributed by atoms with Gasteiger partial charge in [0.2, 0.25) is 5.91 Å². The van der Waals surface area contributed by atoms with Gasteiger partial charge < -0.3 is 5.32 Å². The lowest BCUT2D eigenvalue weighted by Gasteiger charge is -2.13. The molecule has 1 aromatic carbocycles. The van der Waals surface area contributed by atoms with Gasteiger partial charge in [-0.15, -0.1) is 21.5 Å². The van der Waals surface area contributed by atoms with Crippen molar-refractivity contribution in [3.63, 3.8) is 0 Å². The van der Waals surface area contributed by atoms with Gasteiger partial charge in [0.15, 0.2) is 11.0 Å². The molecule has 2 heterocycles. The number of nitrogens with one attached hydrogen (secondary N) is 1. The summed E-state index contributed by atoms with van der Waals surface area (Å²) >= 11 is 3.14. The number of rotatable bonds is 7. The molecule has 0 unspecified atom stereocenters. The zero-order valence-electron chi connectivity index (χ0n) is 15.4. The van der Waals surface area contributed by atoms with E-state index < -0.39 is 0 Å². The largest absolute Gasteiger partial charge is 0.325 e. The van der Waals surface area contributed by atoms with Crippen LogP contribution in [0.15, 0.2) is 46.9 Å². The zero-order valence-corrected chi connectivity index (χ0v) is 17.0. The molecule has 1 aliphatic carbocycles. The molecule has 0 aliphatic heterocycles. The van der Waals surface area contributed by atoms with E-state index in [0.29, 0.717) is 6.04 Å². The number of carbonyl (C=O) groups excluding carboxylic acids is 1. The summed E-state index contributed by atoms with van der Waals surface area (Å²) in [5.41, 5.74) is 2.08. The van der Waals surface area contributed by atoms with E-state index in [2.05, 4.69) is 33.1 Å². The molecule has 4 rings (SSSR count). The molecule has 1 N–H and O–H groups in total. The van der Waals surface area contributed by atoms with Gasteiger partial charge in [-0.25, -0.2) is 0 Å². The maximum absolute atomic E-state index is 12.6. The van der Waals surface area contributed by atoms with Gasteiger partial charge in [0.25, 0.3) is 0 Å². The maximum atomic E-state index is 12.6. The van der Waals surface area contributed by atoms with Gasteiger partial charge in [0.05, 0.1) is 10.1 Å². The first-order valence-corrected chi connectivity index (χ1v) is 11.0. The highest BCUT2D eigenvalue weighted by atomic mass is 32.2. The van der Waals surface area contributed by atoms with Crippen molar-refractivity contribution in [2.24, 2.45) is 0 Å². The summed E-state index contributed by atoms with van der Waals surface area (Å²) in [5, 5.41) is 14.4. The Morgan fingerprint density at radius 1 is 1.30 bits per heavy atom. The van der Waals surface area contributed by atoms with E-state index in [-0.39, 0.29) is 11.2 Å². The van der Waals surface area contributed by atoms with E-state index >= 15 is 0 Å². The van der Waals surface area contributed by atoms with Gasteiger partial charge in [-0.05, 0) is 55.3 Å². The summed E-state index contributed by atoms with van der Waals surface area (Å²) in [7, 11) is 0. The SMILES string of the molecule is CCc1ccc(NC(=O)[C@@H](C)Sc2nnc(-c3cccs3)n2C2CC2)cc1. The average molecular weight is 399 g/mol. The summed E-state index contributed by atoms with van der Waals surface area (Å²) < 4.78 is 2.20. The van der Waals surface area contributed by atoms with Gasteiger partial charge in [-0.1, -0.05) is 36.9 Å². The molecule has 0 radical (unpaired) electrons. The number of benzene rings is 1. The molecule has 0 spiro atoms. The van der Waals surface area contributed by atoms with Crippen molar-refractivity contribution in [1.29, 1.82) is 0 Å². The second-order valence-corrected chi connectivity index (χ2v) is 8.94. The lowest BCUT2D eigenvalue weighted by molar-refractivity contribution is -0.115. The number of thiophene rings is 1. The van der Waals surface area contributed by atoms with Crippen LogP contribution in [-0.2, 0) is 11.2 Å². The average Bonchev–Trinajstić information content (AvgIpc) is 3.20. The summed E-state index contributed by atoms with van der Waals surface area (Å²) in [6.45, 7) is 4.03. The first-order valence-electron chi connectivity index (χ1n) is 9.21. The number of amides is 1. The van der Waals surface area contributed by atoms with Crippen molar-refractivity contribution in [3.8, 4) is 10.7 Å². The summed E-state index contributed by atoms with van der Waals surface area (Å²) in [6.07, 6.45) is 3.28. The van der Waals surface area contributed by atoms with Crippen molar-refractivity contribution in [2.75, 3.05) is 5.32 Å². The molecule has 1 atom stereocenters. The van der Waals surface area contributed by atoms with Crippen LogP contribution >= 0.6 is 23.1 Å². The van der Waals surface area contributed by atoms with Crippen molar-refractivity contribution >= 4 is 34.7 Å².